The second kappa shape index (κ2) is 4.61. The van der Waals surface area contributed by atoms with Gasteiger partial charge in [0.1, 0.15) is 17.3 Å². The Morgan fingerprint density at radius 2 is 2.26 bits per heavy atom. The van der Waals surface area contributed by atoms with Gasteiger partial charge in [0.25, 0.3) is 5.78 Å². The van der Waals surface area contributed by atoms with Gasteiger partial charge in [-0.05, 0) is 19.3 Å². The standard InChI is InChI=1S/C12H16ClN5O/c1-7-5-17(4-3-9(7)19)11-8(2)10(13)16-12-14-6-15-18(11)12/h6-7,9,19H,3-5H2,1-2H3. The summed E-state index contributed by atoms with van der Waals surface area (Å²) in [5.41, 5.74) is 0.892. The molecule has 0 saturated carbocycles. The lowest BCUT2D eigenvalue weighted by molar-refractivity contribution is 0.0967. The van der Waals surface area contributed by atoms with Crippen molar-refractivity contribution in [3.8, 4) is 0 Å². The van der Waals surface area contributed by atoms with Crippen LogP contribution in [-0.2, 0) is 0 Å². The molecule has 0 aromatic carbocycles. The quantitative estimate of drug-likeness (QED) is 0.798. The number of nitrogens with zero attached hydrogens (tertiary/aromatic N) is 5. The Morgan fingerprint density at radius 3 is 3.00 bits per heavy atom. The highest BCUT2D eigenvalue weighted by atomic mass is 35.5. The SMILES string of the molecule is Cc1c(Cl)nc2ncnn2c1N1CCC(O)C(C)C1. The lowest BCUT2D eigenvalue weighted by Crippen LogP contribution is -2.43. The molecule has 2 unspecified atom stereocenters. The number of aromatic nitrogens is 4. The van der Waals surface area contributed by atoms with Gasteiger partial charge in [-0.2, -0.15) is 19.6 Å². The zero-order valence-corrected chi connectivity index (χ0v) is 11.7. The molecule has 0 amide bonds. The van der Waals surface area contributed by atoms with Crippen LogP contribution in [0.5, 0.6) is 0 Å². The summed E-state index contributed by atoms with van der Waals surface area (Å²) >= 11 is 6.17. The van der Waals surface area contributed by atoms with Gasteiger partial charge in [-0.15, -0.1) is 0 Å². The fourth-order valence-electron chi connectivity index (χ4n) is 2.58. The maximum absolute atomic E-state index is 9.84. The molecule has 1 N–H and O–H groups in total. The smallest absolute Gasteiger partial charge is 0.255 e. The van der Waals surface area contributed by atoms with Crippen LogP contribution in [0.1, 0.15) is 18.9 Å². The number of fused-ring (bicyclic) bond motifs is 1. The molecular weight excluding hydrogens is 266 g/mol. The molecule has 1 aliphatic rings. The van der Waals surface area contributed by atoms with E-state index in [2.05, 4.69) is 20.0 Å². The van der Waals surface area contributed by atoms with Crippen molar-refractivity contribution >= 4 is 23.2 Å². The lowest BCUT2D eigenvalue weighted by Gasteiger charge is -2.36. The van der Waals surface area contributed by atoms with Crippen molar-refractivity contribution in [1.82, 2.24) is 19.6 Å². The van der Waals surface area contributed by atoms with Crippen molar-refractivity contribution in [2.24, 2.45) is 5.92 Å². The number of anilines is 1. The minimum atomic E-state index is -0.236. The Bertz CT molecular complexity index is 613. The molecule has 0 radical (unpaired) electrons. The molecule has 3 rings (SSSR count). The van der Waals surface area contributed by atoms with Gasteiger partial charge < -0.3 is 10.0 Å². The Hall–Kier alpha value is -1.40. The van der Waals surface area contributed by atoms with Crippen LogP contribution in [0.25, 0.3) is 5.78 Å². The van der Waals surface area contributed by atoms with Crippen LogP contribution >= 0.6 is 11.6 Å². The maximum Gasteiger partial charge on any atom is 0.255 e. The number of rotatable bonds is 1. The molecule has 0 bridgehead atoms. The van der Waals surface area contributed by atoms with E-state index in [9.17, 15) is 5.11 Å². The summed E-state index contributed by atoms with van der Waals surface area (Å²) in [6, 6.07) is 0. The predicted molar refractivity (Wildman–Crippen MR) is 72.5 cm³/mol. The number of hydrogen-bond acceptors (Lipinski definition) is 5. The highest BCUT2D eigenvalue weighted by Crippen LogP contribution is 2.29. The van der Waals surface area contributed by atoms with Crippen LogP contribution in [0.4, 0.5) is 5.82 Å². The number of hydrogen-bond donors (Lipinski definition) is 1. The van der Waals surface area contributed by atoms with Crippen molar-refractivity contribution in [1.29, 1.82) is 0 Å². The van der Waals surface area contributed by atoms with Gasteiger partial charge in [0.15, 0.2) is 0 Å². The molecule has 0 spiro atoms. The van der Waals surface area contributed by atoms with Crippen LogP contribution in [0.2, 0.25) is 5.15 Å². The third-order valence-corrected chi connectivity index (χ3v) is 4.10. The first-order valence-electron chi connectivity index (χ1n) is 6.36. The van der Waals surface area contributed by atoms with Crippen molar-refractivity contribution in [3.05, 3.63) is 17.0 Å². The molecule has 1 saturated heterocycles. The first-order valence-corrected chi connectivity index (χ1v) is 6.74. The summed E-state index contributed by atoms with van der Waals surface area (Å²) < 4.78 is 1.71. The lowest BCUT2D eigenvalue weighted by atomic mass is 9.96. The van der Waals surface area contributed by atoms with Crippen LogP contribution in [0, 0.1) is 12.8 Å². The van der Waals surface area contributed by atoms with Gasteiger partial charge in [-0.25, -0.2) is 0 Å². The van der Waals surface area contributed by atoms with Gasteiger partial charge in [0.05, 0.1) is 6.10 Å². The molecule has 1 fully saturated rings. The van der Waals surface area contributed by atoms with Crippen LogP contribution in [0.3, 0.4) is 0 Å². The fourth-order valence-corrected chi connectivity index (χ4v) is 2.74. The second-order valence-electron chi connectivity index (χ2n) is 5.10. The first kappa shape index (κ1) is 12.6. The van der Waals surface area contributed by atoms with E-state index in [1.54, 1.807) is 4.52 Å². The molecule has 0 aliphatic carbocycles. The summed E-state index contributed by atoms with van der Waals surface area (Å²) in [5, 5.41) is 14.5. The molecular formula is C12H16ClN5O. The van der Waals surface area contributed by atoms with Crippen LogP contribution in [-0.4, -0.2) is 43.9 Å². The van der Waals surface area contributed by atoms with E-state index in [-0.39, 0.29) is 12.0 Å². The van der Waals surface area contributed by atoms with E-state index < -0.39 is 0 Å². The average Bonchev–Trinajstić information content (AvgIpc) is 2.82. The van der Waals surface area contributed by atoms with E-state index in [0.29, 0.717) is 10.9 Å². The van der Waals surface area contributed by atoms with Gasteiger partial charge in [-0.3, -0.25) is 0 Å². The van der Waals surface area contributed by atoms with E-state index in [4.69, 9.17) is 11.6 Å². The molecule has 6 nitrogen and oxygen atoms in total. The molecule has 2 aromatic rings. The number of halogens is 1. The zero-order valence-electron chi connectivity index (χ0n) is 10.9. The van der Waals surface area contributed by atoms with Gasteiger partial charge >= 0.3 is 0 Å². The third kappa shape index (κ3) is 2.04. The molecule has 19 heavy (non-hydrogen) atoms. The summed E-state index contributed by atoms with van der Waals surface area (Å²) in [6.07, 6.45) is 1.99. The Morgan fingerprint density at radius 1 is 1.47 bits per heavy atom. The molecule has 3 heterocycles. The van der Waals surface area contributed by atoms with Crippen molar-refractivity contribution in [3.63, 3.8) is 0 Å². The normalized spacial score (nSPS) is 24.1. The van der Waals surface area contributed by atoms with Gasteiger partial charge in [0, 0.05) is 18.7 Å². The van der Waals surface area contributed by atoms with E-state index in [1.165, 1.54) is 6.33 Å². The molecule has 102 valence electrons. The highest BCUT2D eigenvalue weighted by Gasteiger charge is 2.27. The number of aliphatic hydroxyl groups is 1. The molecule has 2 aromatic heterocycles. The van der Waals surface area contributed by atoms with E-state index in [1.807, 2.05) is 13.8 Å². The van der Waals surface area contributed by atoms with Gasteiger partial charge in [0.2, 0.25) is 0 Å². The second-order valence-corrected chi connectivity index (χ2v) is 5.46. The monoisotopic (exact) mass is 281 g/mol. The Balaban J connectivity index is 2.09. The van der Waals surface area contributed by atoms with Crippen molar-refractivity contribution < 1.29 is 5.11 Å². The summed E-state index contributed by atoms with van der Waals surface area (Å²) in [6.45, 7) is 5.54. The first-order chi connectivity index (χ1) is 9.08. The maximum atomic E-state index is 9.84. The van der Waals surface area contributed by atoms with Gasteiger partial charge in [-0.1, -0.05) is 18.5 Å². The zero-order chi connectivity index (χ0) is 13.6. The third-order valence-electron chi connectivity index (χ3n) is 3.73. The van der Waals surface area contributed by atoms with Crippen molar-refractivity contribution in [2.45, 2.75) is 26.4 Å². The van der Waals surface area contributed by atoms with Crippen LogP contribution < -0.4 is 4.90 Å². The Kier molecular flexibility index (Phi) is 3.06. The predicted octanol–water partition coefficient (Wildman–Crippen LogP) is 1.29. The summed E-state index contributed by atoms with van der Waals surface area (Å²) in [7, 11) is 0. The minimum absolute atomic E-state index is 0.221. The Labute approximate surface area is 116 Å². The van der Waals surface area contributed by atoms with E-state index in [0.717, 1.165) is 30.9 Å². The molecule has 2 atom stereocenters. The number of piperidine rings is 1. The largest absolute Gasteiger partial charge is 0.393 e. The molecule has 7 heteroatoms. The summed E-state index contributed by atoms with van der Waals surface area (Å²) in [4.78, 5) is 10.5. The average molecular weight is 282 g/mol. The molecule has 1 aliphatic heterocycles. The topological polar surface area (TPSA) is 66.5 Å². The van der Waals surface area contributed by atoms with Crippen molar-refractivity contribution in [2.75, 3.05) is 18.0 Å². The van der Waals surface area contributed by atoms with E-state index >= 15 is 0 Å². The van der Waals surface area contributed by atoms with Crippen LogP contribution in [0.15, 0.2) is 6.33 Å². The highest BCUT2D eigenvalue weighted by molar-refractivity contribution is 6.30. The summed E-state index contributed by atoms with van der Waals surface area (Å²) in [5.74, 6) is 1.65. The number of aliphatic hydroxyl groups excluding tert-OH is 1. The fraction of sp³-hybridized carbons (Fsp3) is 0.583. The minimum Gasteiger partial charge on any atom is -0.393 e.